The van der Waals surface area contributed by atoms with E-state index in [-0.39, 0.29) is 5.91 Å². The molecule has 2 aromatic carbocycles. The largest absolute Gasteiger partial charge is 0.444 e. The predicted octanol–water partition coefficient (Wildman–Crippen LogP) is 4.34. The van der Waals surface area contributed by atoms with Crippen LogP contribution in [0.25, 0.3) is 0 Å². The Morgan fingerprint density at radius 2 is 1.50 bits per heavy atom. The Morgan fingerprint density at radius 1 is 0.962 bits per heavy atom. The van der Waals surface area contributed by atoms with Gasteiger partial charge in [-0.2, -0.15) is 0 Å². The highest BCUT2D eigenvalue weighted by molar-refractivity contribution is 6.06. The third-order valence-corrected chi connectivity index (χ3v) is 3.47. The summed E-state index contributed by atoms with van der Waals surface area (Å²) < 4.78 is 5.24. The average molecular weight is 356 g/mol. The summed E-state index contributed by atoms with van der Waals surface area (Å²) in [6.45, 7) is 6.99. The molecule has 0 heterocycles. The number of rotatable bonds is 4. The number of anilines is 2. The number of carbonyl (C=O) groups is 2. The van der Waals surface area contributed by atoms with Crippen LogP contribution in [0.5, 0.6) is 0 Å². The predicted molar refractivity (Wildman–Crippen MR) is 101 cm³/mol. The van der Waals surface area contributed by atoms with Gasteiger partial charge in [0.05, 0.1) is 17.5 Å². The fourth-order valence-corrected chi connectivity index (χ4v) is 2.22. The third-order valence-electron chi connectivity index (χ3n) is 3.47. The molecule has 6 heteroatoms. The summed E-state index contributed by atoms with van der Waals surface area (Å²) in [5.74, 6) is -0.319. The molecule has 2 amide bonds. The van der Waals surface area contributed by atoms with Crippen LogP contribution < -0.4 is 10.6 Å². The Bertz CT molecular complexity index is 777. The topological polar surface area (TPSA) is 87.7 Å². The number of hydrogen-bond donors (Lipinski definition) is 3. The van der Waals surface area contributed by atoms with E-state index in [9.17, 15) is 14.7 Å². The molecular weight excluding hydrogens is 332 g/mol. The molecule has 0 aliphatic heterocycles. The Hall–Kier alpha value is -2.86. The molecule has 0 aliphatic carbocycles. The molecule has 1 atom stereocenters. The van der Waals surface area contributed by atoms with Gasteiger partial charge in [0, 0.05) is 5.56 Å². The number of ether oxygens (including phenoxy) is 1. The van der Waals surface area contributed by atoms with E-state index in [4.69, 9.17) is 4.74 Å². The normalized spacial score (nSPS) is 12.2. The third kappa shape index (κ3) is 5.60. The van der Waals surface area contributed by atoms with Crippen LogP contribution in [0, 0.1) is 0 Å². The fraction of sp³-hybridized carbons (Fsp3) is 0.300. The summed E-state index contributed by atoms with van der Waals surface area (Å²) in [5.41, 5.74) is 1.46. The molecule has 3 N–H and O–H groups in total. The highest BCUT2D eigenvalue weighted by atomic mass is 16.6. The lowest BCUT2D eigenvalue weighted by Gasteiger charge is -2.20. The van der Waals surface area contributed by atoms with E-state index >= 15 is 0 Å². The van der Waals surface area contributed by atoms with Crippen molar-refractivity contribution in [2.75, 3.05) is 10.6 Å². The van der Waals surface area contributed by atoms with Crippen LogP contribution in [0.3, 0.4) is 0 Å². The Balaban J connectivity index is 2.12. The number of benzene rings is 2. The second-order valence-corrected chi connectivity index (χ2v) is 6.92. The molecule has 0 aromatic heterocycles. The summed E-state index contributed by atoms with van der Waals surface area (Å²) >= 11 is 0. The van der Waals surface area contributed by atoms with E-state index in [0.29, 0.717) is 16.9 Å². The molecule has 0 bridgehead atoms. The number of carbonyl (C=O) groups excluding carboxylic acids is 2. The molecule has 2 aromatic rings. The number of aliphatic hydroxyl groups is 1. The highest BCUT2D eigenvalue weighted by Gasteiger charge is 2.17. The van der Waals surface area contributed by atoms with Crippen molar-refractivity contribution < 1.29 is 19.4 Å². The quantitative estimate of drug-likeness (QED) is 0.760. The summed E-state index contributed by atoms with van der Waals surface area (Å²) in [5, 5.41) is 14.9. The molecule has 138 valence electrons. The number of aliphatic hydroxyl groups excluding tert-OH is 1. The number of amides is 2. The summed E-state index contributed by atoms with van der Waals surface area (Å²) in [4.78, 5) is 24.4. The molecule has 0 saturated heterocycles. The van der Waals surface area contributed by atoms with Crippen molar-refractivity contribution in [2.24, 2.45) is 0 Å². The van der Waals surface area contributed by atoms with Crippen LogP contribution in [-0.2, 0) is 4.74 Å². The van der Waals surface area contributed by atoms with Crippen LogP contribution >= 0.6 is 0 Å². The summed E-state index contributed by atoms with van der Waals surface area (Å²) in [7, 11) is 0. The molecule has 0 fully saturated rings. The monoisotopic (exact) mass is 356 g/mol. The van der Waals surface area contributed by atoms with E-state index in [1.807, 2.05) is 0 Å². The lowest BCUT2D eigenvalue weighted by molar-refractivity contribution is 0.0635. The van der Waals surface area contributed by atoms with Crippen LogP contribution in [0.4, 0.5) is 16.2 Å². The van der Waals surface area contributed by atoms with E-state index in [1.165, 1.54) is 0 Å². The lowest BCUT2D eigenvalue weighted by Crippen LogP contribution is -2.27. The second kappa shape index (κ2) is 8.01. The van der Waals surface area contributed by atoms with Crippen molar-refractivity contribution >= 4 is 23.4 Å². The van der Waals surface area contributed by atoms with Gasteiger partial charge in [-0.1, -0.05) is 24.3 Å². The maximum absolute atomic E-state index is 12.4. The van der Waals surface area contributed by atoms with Crippen molar-refractivity contribution in [1.82, 2.24) is 0 Å². The van der Waals surface area contributed by atoms with Gasteiger partial charge in [-0.3, -0.25) is 10.1 Å². The maximum Gasteiger partial charge on any atom is 0.412 e. The summed E-state index contributed by atoms with van der Waals surface area (Å²) in [6, 6.07) is 13.6. The second-order valence-electron chi connectivity index (χ2n) is 6.92. The van der Waals surface area contributed by atoms with Gasteiger partial charge in [0.1, 0.15) is 5.60 Å². The van der Waals surface area contributed by atoms with Crippen LogP contribution in [0.1, 0.15) is 49.7 Å². The molecule has 0 aliphatic rings. The zero-order valence-electron chi connectivity index (χ0n) is 15.4. The smallest absolute Gasteiger partial charge is 0.412 e. The molecular formula is C20H24N2O4. The molecule has 0 saturated carbocycles. The molecule has 2 rings (SSSR count). The highest BCUT2D eigenvalue weighted by Crippen LogP contribution is 2.23. The van der Waals surface area contributed by atoms with Crippen LogP contribution in [0.2, 0.25) is 0 Å². The van der Waals surface area contributed by atoms with E-state index in [1.54, 1.807) is 76.2 Å². The van der Waals surface area contributed by atoms with Gasteiger partial charge in [-0.15, -0.1) is 0 Å². The summed E-state index contributed by atoms with van der Waals surface area (Å²) in [6.07, 6.45) is -1.19. The first-order valence-electron chi connectivity index (χ1n) is 8.34. The Kier molecular flexibility index (Phi) is 6.00. The van der Waals surface area contributed by atoms with Crippen LogP contribution in [0.15, 0.2) is 48.5 Å². The Labute approximate surface area is 153 Å². The zero-order chi connectivity index (χ0) is 19.3. The first-order valence-corrected chi connectivity index (χ1v) is 8.34. The lowest BCUT2D eigenvalue weighted by atomic mass is 10.1. The number of hydrogen-bond acceptors (Lipinski definition) is 4. The van der Waals surface area contributed by atoms with Gasteiger partial charge in [0.15, 0.2) is 0 Å². The number of para-hydroxylation sites is 2. The van der Waals surface area contributed by atoms with Crippen molar-refractivity contribution in [3.63, 3.8) is 0 Å². The Morgan fingerprint density at radius 3 is 2.00 bits per heavy atom. The maximum atomic E-state index is 12.4. The van der Waals surface area contributed by atoms with E-state index in [2.05, 4.69) is 10.6 Å². The van der Waals surface area contributed by atoms with Gasteiger partial charge in [0.25, 0.3) is 5.91 Å². The van der Waals surface area contributed by atoms with E-state index in [0.717, 1.165) is 5.56 Å². The zero-order valence-corrected chi connectivity index (χ0v) is 15.4. The van der Waals surface area contributed by atoms with Crippen molar-refractivity contribution in [1.29, 1.82) is 0 Å². The van der Waals surface area contributed by atoms with Crippen molar-refractivity contribution in [3.05, 3.63) is 59.7 Å². The van der Waals surface area contributed by atoms with Gasteiger partial charge in [-0.05, 0) is 57.5 Å². The van der Waals surface area contributed by atoms with Gasteiger partial charge in [-0.25, -0.2) is 4.79 Å². The standard InChI is InChI=1S/C20H24N2O4/c1-13(23)14-9-11-15(12-10-14)18(24)21-16-7-5-6-8-17(16)22-19(25)26-20(2,3)4/h5-13,23H,1-4H3,(H,21,24)(H,22,25)/t13-/m0/s1. The minimum atomic E-state index is -0.617. The fourth-order valence-electron chi connectivity index (χ4n) is 2.22. The molecule has 0 radical (unpaired) electrons. The van der Waals surface area contributed by atoms with Crippen LogP contribution in [-0.4, -0.2) is 22.7 Å². The van der Waals surface area contributed by atoms with Gasteiger partial charge < -0.3 is 15.2 Å². The molecule has 26 heavy (non-hydrogen) atoms. The van der Waals surface area contributed by atoms with Crippen molar-refractivity contribution in [3.8, 4) is 0 Å². The van der Waals surface area contributed by atoms with Crippen molar-refractivity contribution in [2.45, 2.75) is 39.4 Å². The van der Waals surface area contributed by atoms with E-state index < -0.39 is 17.8 Å². The molecule has 0 unspecified atom stereocenters. The molecule has 6 nitrogen and oxygen atoms in total. The minimum Gasteiger partial charge on any atom is -0.444 e. The minimum absolute atomic E-state index is 0.319. The van der Waals surface area contributed by atoms with Gasteiger partial charge >= 0.3 is 6.09 Å². The SMILES string of the molecule is C[C@H](O)c1ccc(C(=O)Nc2ccccc2NC(=O)OC(C)(C)C)cc1. The first kappa shape index (κ1) is 19.5. The van der Waals surface area contributed by atoms with Gasteiger partial charge in [0.2, 0.25) is 0 Å². The molecule has 0 spiro atoms. The first-order chi connectivity index (χ1) is 12.2. The number of nitrogens with one attached hydrogen (secondary N) is 2. The average Bonchev–Trinajstić information content (AvgIpc) is 2.55.